The number of halogens is 2. The Hall–Kier alpha value is -1.46. The Morgan fingerprint density at radius 3 is 2.32 bits per heavy atom. The van der Waals surface area contributed by atoms with Crippen molar-refractivity contribution < 1.29 is 14.3 Å². The number of benzene rings is 1. The minimum atomic E-state index is -1.02. The molecule has 2 rings (SSSR count). The number of nitrogens with one attached hydrogen (secondary N) is 1. The number of hydrogen-bond acceptors (Lipinski definition) is 3. The number of nitrogens with zero attached hydrogens (tertiary/aromatic N) is 1. The SMILES string of the molecule is COc1ccc(C(=O)NC2CCN(C(=O)C(Cl)Cl)CC2)cc1. The molecule has 2 amide bonds. The van der Waals surface area contributed by atoms with E-state index in [2.05, 4.69) is 5.32 Å². The van der Waals surface area contributed by atoms with Crippen LogP contribution < -0.4 is 10.1 Å². The van der Waals surface area contributed by atoms with E-state index in [0.717, 1.165) is 0 Å². The molecular formula is C15H18Cl2N2O3. The van der Waals surface area contributed by atoms with Gasteiger partial charge in [-0.1, -0.05) is 23.2 Å². The molecule has 0 saturated carbocycles. The van der Waals surface area contributed by atoms with E-state index in [1.54, 1.807) is 36.3 Å². The summed E-state index contributed by atoms with van der Waals surface area (Å²) in [6.07, 6.45) is 1.38. The second-order valence-electron chi connectivity index (χ2n) is 5.10. The Labute approximate surface area is 139 Å². The number of alkyl halides is 2. The molecule has 0 radical (unpaired) electrons. The number of likely N-dealkylation sites (tertiary alicyclic amines) is 1. The van der Waals surface area contributed by atoms with Crippen molar-refractivity contribution in [1.82, 2.24) is 10.2 Å². The Bertz CT molecular complexity index is 526. The predicted octanol–water partition coefficient (Wildman–Crippen LogP) is 2.22. The van der Waals surface area contributed by atoms with E-state index >= 15 is 0 Å². The number of piperidine rings is 1. The molecule has 1 aliphatic rings. The lowest BCUT2D eigenvalue weighted by molar-refractivity contribution is -0.130. The molecule has 1 fully saturated rings. The summed E-state index contributed by atoms with van der Waals surface area (Å²) in [6.45, 7) is 1.09. The highest BCUT2D eigenvalue weighted by atomic mass is 35.5. The van der Waals surface area contributed by atoms with Gasteiger partial charge in [0, 0.05) is 24.7 Å². The molecule has 7 heteroatoms. The Kier molecular flexibility index (Phi) is 5.91. The molecule has 0 aliphatic carbocycles. The second-order valence-corrected chi connectivity index (χ2v) is 6.20. The van der Waals surface area contributed by atoms with Crippen LogP contribution in [0.5, 0.6) is 5.75 Å². The summed E-state index contributed by atoms with van der Waals surface area (Å²) in [4.78, 5) is 24.4. The first-order valence-electron chi connectivity index (χ1n) is 7.03. The summed E-state index contributed by atoms with van der Waals surface area (Å²) in [7, 11) is 1.58. The molecule has 1 heterocycles. The monoisotopic (exact) mass is 344 g/mol. The lowest BCUT2D eigenvalue weighted by Gasteiger charge is -2.32. The third-order valence-electron chi connectivity index (χ3n) is 3.68. The van der Waals surface area contributed by atoms with Gasteiger partial charge >= 0.3 is 0 Å². The molecule has 5 nitrogen and oxygen atoms in total. The number of hydrogen-bond donors (Lipinski definition) is 1. The van der Waals surface area contributed by atoms with Crippen LogP contribution in [0.3, 0.4) is 0 Å². The van der Waals surface area contributed by atoms with Crippen molar-refractivity contribution in [2.75, 3.05) is 20.2 Å². The normalized spacial score (nSPS) is 15.7. The number of rotatable bonds is 4. The molecule has 1 aromatic rings. The van der Waals surface area contributed by atoms with Crippen molar-refractivity contribution in [2.24, 2.45) is 0 Å². The van der Waals surface area contributed by atoms with Crippen LogP contribution in [0.25, 0.3) is 0 Å². The molecule has 1 aliphatic heterocycles. The van der Waals surface area contributed by atoms with Gasteiger partial charge in [-0.15, -0.1) is 0 Å². The van der Waals surface area contributed by atoms with E-state index in [9.17, 15) is 9.59 Å². The number of ether oxygens (including phenoxy) is 1. The van der Waals surface area contributed by atoms with Crippen molar-refractivity contribution >= 4 is 35.0 Å². The smallest absolute Gasteiger partial charge is 0.255 e. The van der Waals surface area contributed by atoms with E-state index in [4.69, 9.17) is 27.9 Å². The molecule has 0 unspecified atom stereocenters. The van der Waals surface area contributed by atoms with Crippen LogP contribution in [0.2, 0.25) is 0 Å². The van der Waals surface area contributed by atoms with E-state index in [0.29, 0.717) is 37.2 Å². The van der Waals surface area contributed by atoms with Gasteiger partial charge in [-0.05, 0) is 37.1 Å². The molecule has 0 spiro atoms. The second kappa shape index (κ2) is 7.70. The van der Waals surface area contributed by atoms with Gasteiger partial charge in [-0.25, -0.2) is 0 Å². The van der Waals surface area contributed by atoms with Crippen LogP contribution in [-0.4, -0.2) is 47.8 Å². The van der Waals surface area contributed by atoms with Gasteiger partial charge in [-0.3, -0.25) is 9.59 Å². The molecule has 22 heavy (non-hydrogen) atoms. The fourth-order valence-corrected chi connectivity index (χ4v) is 2.67. The predicted molar refractivity (Wildman–Crippen MR) is 85.6 cm³/mol. The van der Waals surface area contributed by atoms with E-state index in [-0.39, 0.29) is 17.9 Å². The summed E-state index contributed by atoms with van der Waals surface area (Å²) in [5.74, 6) is 0.309. The molecule has 1 aromatic carbocycles. The lowest BCUT2D eigenvalue weighted by Crippen LogP contribution is -2.47. The van der Waals surface area contributed by atoms with E-state index < -0.39 is 4.84 Å². The summed E-state index contributed by atoms with van der Waals surface area (Å²) < 4.78 is 5.06. The highest BCUT2D eigenvalue weighted by Crippen LogP contribution is 2.16. The molecular weight excluding hydrogens is 327 g/mol. The Morgan fingerprint density at radius 2 is 1.82 bits per heavy atom. The Morgan fingerprint density at radius 1 is 1.23 bits per heavy atom. The number of amides is 2. The van der Waals surface area contributed by atoms with Gasteiger partial charge in [0.2, 0.25) is 0 Å². The van der Waals surface area contributed by atoms with Crippen LogP contribution in [0.15, 0.2) is 24.3 Å². The van der Waals surface area contributed by atoms with Crippen LogP contribution in [0.1, 0.15) is 23.2 Å². The molecule has 0 atom stereocenters. The summed E-state index contributed by atoms with van der Waals surface area (Å²) in [5.41, 5.74) is 0.584. The van der Waals surface area contributed by atoms with Crippen molar-refractivity contribution in [3.8, 4) is 5.75 Å². The molecule has 120 valence electrons. The van der Waals surface area contributed by atoms with Crippen molar-refractivity contribution in [1.29, 1.82) is 0 Å². The standard InChI is InChI=1S/C15H18Cl2N2O3/c1-22-12-4-2-10(3-5-12)14(20)18-11-6-8-19(9-7-11)15(21)13(16)17/h2-5,11,13H,6-9H2,1H3,(H,18,20). The topological polar surface area (TPSA) is 58.6 Å². The fourth-order valence-electron chi connectivity index (χ4n) is 2.39. The van der Waals surface area contributed by atoms with Crippen molar-refractivity contribution in [3.63, 3.8) is 0 Å². The number of carbonyl (C=O) groups excluding carboxylic acids is 2. The highest BCUT2D eigenvalue weighted by molar-refractivity contribution is 6.53. The Balaban J connectivity index is 1.84. The zero-order valence-electron chi connectivity index (χ0n) is 12.2. The van der Waals surface area contributed by atoms with Crippen LogP contribution >= 0.6 is 23.2 Å². The molecule has 0 aromatic heterocycles. The summed E-state index contributed by atoms with van der Waals surface area (Å²) in [6, 6.07) is 6.98. The first-order chi connectivity index (χ1) is 10.5. The molecule has 1 saturated heterocycles. The van der Waals surface area contributed by atoms with Gasteiger partial charge in [0.15, 0.2) is 4.84 Å². The maximum atomic E-state index is 12.2. The summed E-state index contributed by atoms with van der Waals surface area (Å²) >= 11 is 11.2. The van der Waals surface area contributed by atoms with E-state index in [1.165, 1.54) is 0 Å². The molecule has 1 N–H and O–H groups in total. The molecule has 0 bridgehead atoms. The lowest BCUT2D eigenvalue weighted by atomic mass is 10.0. The number of methoxy groups -OCH3 is 1. The highest BCUT2D eigenvalue weighted by Gasteiger charge is 2.26. The third kappa shape index (κ3) is 4.27. The average molecular weight is 345 g/mol. The van der Waals surface area contributed by atoms with Gasteiger partial charge in [-0.2, -0.15) is 0 Å². The van der Waals surface area contributed by atoms with Crippen molar-refractivity contribution in [3.05, 3.63) is 29.8 Å². The average Bonchev–Trinajstić information content (AvgIpc) is 2.54. The zero-order chi connectivity index (χ0) is 16.1. The third-order valence-corrected chi connectivity index (χ3v) is 4.05. The first-order valence-corrected chi connectivity index (χ1v) is 7.90. The largest absolute Gasteiger partial charge is 0.497 e. The fraction of sp³-hybridized carbons (Fsp3) is 0.467. The van der Waals surface area contributed by atoms with Crippen LogP contribution in [0.4, 0.5) is 0 Å². The van der Waals surface area contributed by atoms with Gasteiger partial charge < -0.3 is 15.0 Å². The minimum Gasteiger partial charge on any atom is -0.497 e. The number of carbonyl (C=O) groups is 2. The van der Waals surface area contributed by atoms with Crippen LogP contribution in [-0.2, 0) is 4.79 Å². The minimum absolute atomic E-state index is 0.0442. The maximum absolute atomic E-state index is 12.2. The van der Waals surface area contributed by atoms with Gasteiger partial charge in [0.25, 0.3) is 11.8 Å². The van der Waals surface area contributed by atoms with Gasteiger partial charge in [0.05, 0.1) is 7.11 Å². The van der Waals surface area contributed by atoms with Crippen LogP contribution in [0, 0.1) is 0 Å². The maximum Gasteiger partial charge on any atom is 0.255 e. The van der Waals surface area contributed by atoms with E-state index in [1.807, 2.05) is 0 Å². The summed E-state index contributed by atoms with van der Waals surface area (Å²) in [5, 5.41) is 2.98. The van der Waals surface area contributed by atoms with Gasteiger partial charge in [0.1, 0.15) is 5.75 Å². The quantitative estimate of drug-likeness (QED) is 0.852. The van der Waals surface area contributed by atoms with Crippen molar-refractivity contribution in [2.45, 2.75) is 23.7 Å². The first kappa shape index (κ1) is 16.9. The zero-order valence-corrected chi connectivity index (χ0v) is 13.7.